The van der Waals surface area contributed by atoms with E-state index in [9.17, 15) is 14.4 Å². The van der Waals surface area contributed by atoms with E-state index in [0.717, 1.165) is 12.0 Å². The molecule has 1 fully saturated rings. The molecule has 6 heteroatoms. The van der Waals surface area contributed by atoms with E-state index in [1.807, 2.05) is 6.92 Å². The first-order valence-corrected chi connectivity index (χ1v) is 9.14. The number of carbonyl (C=O) groups excluding carboxylic acids is 3. The van der Waals surface area contributed by atoms with E-state index in [4.69, 9.17) is 14.2 Å². The van der Waals surface area contributed by atoms with Crippen molar-refractivity contribution in [2.24, 2.45) is 17.3 Å². The quantitative estimate of drug-likeness (QED) is 0.567. The molecular formula is C20H26O6. The number of hydrogen-bond donors (Lipinski definition) is 0. The topological polar surface area (TPSA) is 78.9 Å². The molecule has 142 valence electrons. The van der Waals surface area contributed by atoms with Gasteiger partial charge in [-0.05, 0) is 25.7 Å². The Hall–Kier alpha value is -2.11. The van der Waals surface area contributed by atoms with Gasteiger partial charge in [0.15, 0.2) is 0 Å². The number of ether oxygens (including phenoxy) is 3. The van der Waals surface area contributed by atoms with Gasteiger partial charge in [-0.1, -0.05) is 27.7 Å². The Morgan fingerprint density at radius 2 is 1.88 bits per heavy atom. The lowest BCUT2D eigenvalue weighted by Gasteiger charge is -2.45. The van der Waals surface area contributed by atoms with Gasteiger partial charge in [0, 0.05) is 29.1 Å². The van der Waals surface area contributed by atoms with Crippen LogP contribution in [0.1, 0.15) is 54.4 Å². The summed E-state index contributed by atoms with van der Waals surface area (Å²) in [5.74, 6) is -0.809. The number of esters is 3. The molecule has 6 nitrogen and oxygen atoms in total. The molecule has 0 radical (unpaired) electrons. The minimum Gasteiger partial charge on any atom is -0.458 e. The molecule has 0 N–H and O–H groups in total. The molecule has 0 bridgehead atoms. The fourth-order valence-corrected chi connectivity index (χ4v) is 4.32. The highest BCUT2D eigenvalue weighted by atomic mass is 16.6. The largest absolute Gasteiger partial charge is 0.458 e. The van der Waals surface area contributed by atoms with Crippen molar-refractivity contribution >= 4 is 17.9 Å². The molecule has 1 saturated carbocycles. The van der Waals surface area contributed by atoms with E-state index in [2.05, 4.69) is 6.92 Å². The molecule has 3 aliphatic rings. The van der Waals surface area contributed by atoms with E-state index < -0.39 is 23.6 Å². The SMILES string of the molecule is CC(=O)O[C@@H]1CC[C@H](C)[C@]2(C)C1=C1OC(=O)C(C)=C1[C@@H]2OC(=O)C(C)C. The summed E-state index contributed by atoms with van der Waals surface area (Å²) in [4.78, 5) is 36.2. The molecule has 2 aliphatic carbocycles. The highest BCUT2D eigenvalue weighted by molar-refractivity contribution is 5.95. The molecule has 0 aromatic heterocycles. The number of rotatable bonds is 3. The van der Waals surface area contributed by atoms with Crippen molar-refractivity contribution < 1.29 is 28.6 Å². The normalized spacial score (nSPS) is 33.2. The van der Waals surface area contributed by atoms with Gasteiger partial charge in [-0.3, -0.25) is 9.59 Å². The summed E-state index contributed by atoms with van der Waals surface area (Å²) in [5, 5.41) is 0. The van der Waals surface area contributed by atoms with Crippen molar-refractivity contribution in [1.82, 2.24) is 0 Å². The Balaban J connectivity index is 2.14. The van der Waals surface area contributed by atoms with Gasteiger partial charge in [0.1, 0.15) is 18.0 Å². The Kier molecular flexibility index (Phi) is 4.49. The van der Waals surface area contributed by atoms with Crippen LogP contribution in [0.2, 0.25) is 0 Å². The van der Waals surface area contributed by atoms with E-state index in [1.165, 1.54) is 6.92 Å². The molecule has 0 spiro atoms. The van der Waals surface area contributed by atoms with Gasteiger partial charge in [-0.15, -0.1) is 0 Å². The Morgan fingerprint density at radius 3 is 2.46 bits per heavy atom. The van der Waals surface area contributed by atoms with Crippen molar-refractivity contribution in [2.45, 2.75) is 66.6 Å². The molecule has 0 unspecified atom stereocenters. The maximum absolute atomic E-state index is 12.4. The average Bonchev–Trinajstić information content (AvgIpc) is 2.96. The summed E-state index contributed by atoms with van der Waals surface area (Å²) in [6.07, 6.45) is 0.396. The summed E-state index contributed by atoms with van der Waals surface area (Å²) in [6, 6.07) is 0. The minimum atomic E-state index is -0.609. The van der Waals surface area contributed by atoms with Gasteiger partial charge in [0.25, 0.3) is 0 Å². The summed E-state index contributed by atoms with van der Waals surface area (Å²) in [5.41, 5.74) is 1.29. The monoisotopic (exact) mass is 362 g/mol. The third-order valence-electron chi connectivity index (χ3n) is 6.00. The third-order valence-corrected chi connectivity index (χ3v) is 6.00. The molecule has 0 aromatic rings. The molecule has 3 rings (SSSR count). The summed E-state index contributed by atoms with van der Waals surface area (Å²) >= 11 is 0. The van der Waals surface area contributed by atoms with Crippen LogP contribution in [0.4, 0.5) is 0 Å². The maximum atomic E-state index is 12.4. The average molecular weight is 362 g/mol. The molecular weight excluding hydrogens is 336 g/mol. The van der Waals surface area contributed by atoms with Crippen LogP contribution in [0.5, 0.6) is 0 Å². The second-order valence-electron chi connectivity index (χ2n) is 8.00. The third kappa shape index (κ3) is 2.58. The second kappa shape index (κ2) is 6.25. The van der Waals surface area contributed by atoms with E-state index in [1.54, 1.807) is 20.8 Å². The van der Waals surface area contributed by atoms with Gasteiger partial charge in [0.05, 0.1) is 5.92 Å². The fourth-order valence-electron chi connectivity index (χ4n) is 4.32. The molecule has 1 heterocycles. The van der Waals surface area contributed by atoms with Gasteiger partial charge in [-0.25, -0.2) is 4.79 Å². The van der Waals surface area contributed by atoms with Crippen molar-refractivity contribution in [3.05, 3.63) is 22.5 Å². The van der Waals surface area contributed by atoms with Gasteiger partial charge in [0.2, 0.25) is 0 Å². The molecule has 0 amide bonds. The van der Waals surface area contributed by atoms with E-state index in [-0.39, 0.29) is 23.8 Å². The maximum Gasteiger partial charge on any atom is 0.339 e. The zero-order valence-electron chi connectivity index (χ0n) is 16.2. The molecule has 1 aliphatic heterocycles. The molecule has 0 aromatic carbocycles. The van der Waals surface area contributed by atoms with Crippen LogP contribution in [-0.4, -0.2) is 30.1 Å². The first-order valence-electron chi connectivity index (χ1n) is 9.14. The first-order chi connectivity index (χ1) is 12.1. The lowest BCUT2D eigenvalue weighted by Crippen LogP contribution is -2.47. The standard InChI is InChI=1S/C20H26O6/c1-9(2)18(22)26-17-14-11(4)19(23)25-16(14)15-13(24-12(5)21)8-7-10(3)20(15,17)6/h9-10,13,17H,7-8H2,1-6H3/t10-,13+,17-,20+/m0/s1. The summed E-state index contributed by atoms with van der Waals surface area (Å²) in [7, 11) is 0. The molecule has 4 atom stereocenters. The van der Waals surface area contributed by atoms with Gasteiger partial charge in [-0.2, -0.15) is 0 Å². The van der Waals surface area contributed by atoms with E-state index >= 15 is 0 Å². The van der Waals surface area contributed by atoms with Crippen molar-refractivity contribution in [3.63, 3.8) is 0 Å². The predicted molar refractivity (Wildman–Crippen MR) is 92.6 cm³/mol. The Bertz CT molecular complexity index is 743. The molecule has 26 heavy (non-hydrogen) atoms. The zero-order chi connectivity index (χ0) is 19.4. The number of hydrogen-bond acceptors (Lipinski definition) is 6. The lowest BCUT2D eigenvalue weighted by atomic mass is 9.63. The van der Waals surface area contributed by atoms with Crippen LogP contribution >= 0.6 is 0 Å². The van der Waals surface area contributed by atoms with Crippen LogP contribution in [-0.2, 0) is 28.6 Å². The van der Waals surface area contributed by atoms with Crippen LogP contribution in [0.25, 0.3) is 0 Å². The van der Waals surface area contributed by atoms with Crippen LogP contribution in [0, 0.1) is 17.3 Å². The zero-order valence-corrected chi connectivity index (χ0v) is 16.2. The lowest BCUT2D eigenvalue weighted by molar-refractivity contribution is -0.160. The van der Waals surface area contributed by atoms with Crippen LogP contribution in [0.3, 0.4) is 0 Å². The highest BCUT2D eigenvalue weighted by Gasteiger charge is 2.61. The Morgan fingerprint density at radius 1 is 1.23 bits per heavy atom. The summed E-state index contributed by atoms with van der Waals surface area (Å²) < 4.78 is 17.0. The molecule has 0 saturated heterocycles. The minimum absolute atomic E-state index is 0.173. The first kappa shape index (κ1) is 18.7. The predicted octanol–water partition coefficient (Wildman–Crippen LogP) is 3.06. The summed E-state index contributed by atoms with van der Waals surface area (Å²) in [6.45, 7) is 10.7. The van der Waals surface area contributed by atoms with Crippen LogP contribution < -0.4 is 0 Å². The second-order valence-corrected chi connectivity index (χ2v) is 8.00. The van der Waals surface area contributed by atoms with Crippen LogP contribution in [0.15, 0.2) is 22.5 Å². The van der Waals surface area contributed by atoms with Crippen molar-refractivity contribution in [1.29, 1.82) is 0 Å². The smallest absolute Gasteiger partial charge is 0.339 e. The number of fused-ring (bicyclic) bond motifs is 2. The Labute approximate surface area is 153 Å². The van der Waals surface area contributed by atoms with Gasteiger partial charge >= 0.3 is 17.9 Å². The number of carbonyl (C=O) groups is 3. The fraction of sp³-hybridized carbons (Fsp3) is 0.650. The van der Waals surface area contributed by atoms with E-state index in [0.29, 0.717) is 23.3 Å². The van der Waals surface area contributed by atoms with Crippen molar-refractivity contribution in [3.8, 4) is 0 Å². The van der Waals surface area contributed by atoms with Crippen molar-refractivity contribution in [2.75, 3.05) is 0 Å². The van der Waals surface area contributed by atoms with Gasteiger partial charge < -0.3 is 14.2 Å². The highest BCUT2D eigenvalue weighted by Crippen LogP contribution is 2.60.